The maximum absolute atomic E-state index is 6.16. The van der Waals surface area contributed by atoms with Crippen LogP contribution in [-0.2, 0) is 0 Å². The minimum absolute atomic E-state index is 0.295. The van der Waals surface area contributed by atoms with Crippen molar-refractivity contribution in [3.05, 3.63) is 11.2 Å². The quantitative estimate of drug-likeness (QED) is 0.780. The molecule has 1 heterocycles. The second kappa shape index (κ2) is 7.45. The summed E-state index contributed by atoms with van der Waals surface area (Å²) in [7, 11) is 1.52. The molecule has 0 unspecified atom stereocenters. The van der Waals surface area contributed by atoms with Crippen LogP contribution < -0.4 is 15.4 Å². The molecule has 5 nitrogen and oxygen atoms in total. The van der Waals surface area contributed by atoms with Gasteiger partial charge in [-0.05, 0) is 5.92 Å². The number of rotatable bonds is 7. The van der Waals surface area contributed by atoms with E-state index in [0.29, 0.717) is 40.7 Å². The predicted molar refractivity (Wildman–Crippen MR) is 82.0 cm³/mol. The molecule has 0 aliphatic heterocycles. The van der Waals surface area contributed by atoms with E-state index in [-0.39, 0.29) is 0 Å². The van der Waals surface area contributed by atoms with Gasteiger partial charge in [0.2, 0.25) is 0 Å². The van der Waals surface area contributed by atoms with E-state index in [2.05, 4.69) is 28.7 Å². The van der Waals surface area contributed by atoms with Gasteiger partial charge in [-0.15, -0.1) is 0 Å². The topological polar surface area (TPSA) is 64.3 Å². The molecule has 0 saturated carbocycles. The van der Waals surface area contributed by atoms with Crippen molar-refractivity contribution in [3.63, 3.8) is 0 Å². The highest BCUT2D eigenvalue weighted by Crippen LogP contribution is 2.25. The lowest BCUT2D eigenvalue weighted by atomic mass is 10.2. The number of anilines is 1. The van der Waals surface area contributed by atoms with Gasteiger partial charge in [0.1, 0.15) is 5.02 Å². The Morgan fingerprint density at radius 1 is 1.58 bits per heavy atom. The summed E-state index contributed by atoms with van der Waals surface area (Å²) in [6.45, 7) is 5.73. The summed E-state index contributed by atoms with van der Waals surface area (Å²) >= 11 is 11.1. The summed E-state index contributed by atoms with van der Waals surface area (Å²) in [5.41, 5.74) is 5.56. The van der Waals surface area contributed by atoms with Gasteiger partial charge in [-0.1, -0.05) is 37.7 Å². The molecule has 0 amide bonds. The molecule has 19 heavy (non-hydrogen) atoms. The number of ether oxygens (including phenoxy) is 1. The van der Waals surface area contributed by atoms with E-state index in [0.717, 1.165) is 6.54 Å². The first-order chi connectivity index (χ1) is 8.93. The zero-order valence-corrected chi connectivity index (χ0v) is 13.0. The molecular formula is C12H19ClN4OS. The van der Waals surface area contributed by atoms with E-state index in [4.69, 9.17) is 34.3 Å². The lowest BCUT2D eigenvalue weighted by Crippen LogP contribution is -2.32. The first-order valence-electron chi connectivity index (χ1n) is 6.03. The van der Waals surface area contributed by atoms with Crippen molar-refractivity contribution < 1.29 is 4.74 Å². The summed E-state index contributed by atoms with van der Waals surface area (Å²) in [4.78, 5) is 10.8. The van der Waals surface area contributed by atoms with E-state index in [1.54, 1.807) is 0 Å². The van der Waals surface area contributed by atoms with E-state index >= 15 is 0 Å². The Balaban J connectivity index is 2.97. The lowest BCUT2D eigenvalue weighted by molar-refractivity contribution is 0.379. The largest absolute Gasteiger partial charge is 0.467 e. The van der Waals surface area contributed by atoms with E-state index in [9.17, 15) is 0 Å². The number of aromatic nitrogens is 2. The number of hydrogen-bond donors (Lipinski definition) is 1. The first-order valence-corrected chi connectivity index (χ1v) is 6.82. The van der Waals surface area contributed by atoms with Gasteiger partial charge in [0.25, 0.3) is 0 Å². The molecule has 0 spiro atoms. The zero-order chi connectivity index (χ0) is 14.4. The molecule has 1 aromatic rings. The van der Waals surface area contributed by atoms with Crippen LogP contribution in [0.4, 0.5) is 5.82 Å². The SMILES string of the molecule is COc1ncc(Cl)c(N(CCC(N)=S)CC(C)C)n1. The van der Waals surface area contributed by atoms with Gasteiger partial charge in [-0.2, -0.15) is 4.98 Å². The van der Waals surface area contributed by atoms with Crippen LogP contribution in [0.5, 0.6) is 6.01 Å². The van der Waals surface area contributed by atoms with Crippen molar-refractivity contribution >= 4 is 34.6 Å². The van der Waals surface area contributed by atoms with Gasteiger partial charge in [0, 0.05) is 19.5 Å². The lowest BCUT2D eigenvalue weighted by Gasteiger charge is -2.26. The number of nitrogens with zero attached hydrogens (tertiary/aromatic N) is 3. The molecule has 0 aliphatic carbocycles. The van der Waals surface area contributed by atoms with Crippen molar-refractivity contribution in [2.75, 3.05) is 25.1 Å². The van der Waals surface area contributed by atoms with Crippen molar-refractivity contribution in [3.8, 4) is 6.01 Å². The average Bonchev–Trinajstić information content (AvgIpc) is 2.34. The highest BCUT2D eigenvalue weighted by molar-refractivity contribution is 7.80. The fourth-order valence-corrected chi connectivity index (χ4v) is 1.93. The van der Waals surface area contributed by atoms with Crippen molar-refractivity contribution in [2.45, 2.75) is 20.3 Å². The fourth-order valence-electron chi connectivity index (χ4n) is 1.63. The molecule has 0 aliphatic rings. The van der Waals surface area contributed by atoms with E-state index in [1.807, 2.05) is 0 Å². The molecule has 0 bridgehead atoms. The second-order valence-corrected chi connectivity index (χ2v) is 5.52. The number of halogens is 1. The second-order valence-electron chi connectivity index (χ2n) is 4.58. The maximum Gasteiger partial charge on any atom is 0.318 e. The van der Waals surface area contributed by atoms with Gasteiger partial charge in [-0.3, -0.25) is 0 Å². The molecule has 0 radical (unpaired) electrons. The Kier molecular flexibility index (Phi) is 6.24. The van der Waals surface area contributed by atoms with Gasteiger partial charge in [0.15, 0.2) is 5.82 Å². The molecule has 1 rings (SSSR count). The highest BCUT2D eigenvalue weighted by atomic mass is 35.5. The third-order valence-electron chi connectivity index (χ3n) is 2.40. The summed E-state index contributed by atoms with van der Waals surface area (Å²) in [6, 6.07) is 0.295. The predicted octanol–water partition coefficient (Wildman–Crippen LogP) is 2.28. The number of hydrogen-bond acceptors (Lipinski definition) is 5. The monoisotopic (exact) mass is 302 g/mol. The Morgan fingerprint density at radius 3 is 2.79 bits per heavy atom. The number of methoxy groups -OCH3 is 1. The summed E-state index contributed by atoms with van der Waals surface area (Å²) in [6.07, 6.45) is 2.15. The first kappa shape index (κ1) is 15.9. The van der Waals surface area contributed by atoms with Crippen LogP contribution in [0, 0.1) is 5.92 Å². The Hall–Kier alpha value is -1.14. The standard InChI is InChI=1S/C12H19ClN4OS/c1-8(2)7-17(5-4-10(14)19)11-9(13)6-15-12(16-11)18-3/h6,8H,4-5,7H2,1-3H3,(H2,14,19). The summed E-state index contributed by atoms with van der Waals surface area (Å²) in [5.74, 6) is 1.11. The summed E-state index contributed by atoms with van der Waals surface area (Å²) in [5, 5.41) is 0.490. The van der Waals surface area contributed by atoms with Crippen molar-refractivity contribution in [1.82, 2.24) is 9.97 Å². The number of nitrogens with two attached hydrogens (primary N) is 1. The normalized spacial score (nSPS) is 10.6. The van der Waals surface area contributed by atoms with Gasteiger partial charge in [-0.25, -0.2) is 4.98 Å². The van der Waals surface area contributed by atoms with E-state index in [1.165, 1.54) is 13.3 Å². The third-order valence-corrected chi connectivity index (χ3v) is 2.87. The van der Waals surface area contributed by atoms with Crippen LogP contribution in [0.3, 0.4) is 0 Å². The van der Waals surface area contributed by atoms with Crippen LogP contribution >= 0.6 is 23.8 Å². The van der Waals surface area contributed by atoms with E-state index < -0.39 is 0 Å². The minimum Gasteiger partial charge on any atom is -0.467 e. The van der Waals surface area contributed by atoms with Crippen LogP contribution in [0.1, 0.15) is 20.3 Å². The number of thiocarbonyl (C=S) groups is 1. The van der Waals surface area contributed by atoms with Crippen molar-refractivity contribution in [2.24, 2.45) is 11.7 Å². The molecular weight excluding hydrogens is 284 g/mol. The third kappa shape index (κ3) is 5.16. The Labute approximate surface area is 124 Å². The molecule has 7 heteroatoms. The van der Waals surface area contributed by atoms with Crippen LogP contribution in [0.25, 0.3) is 0 Å². The van der Waals surface area contributed by atoms with Gasteiger partial charge in [0.05, 0.1) is 18.3 Å². The summed E-state index contributed by atoms with van der Waals surface area (Å²) < 4.78 is 5.03. The minimum atomic E-state index is 0.295. The smallest absolute Gasteiger partial charge is 0.318 e. The average molecular weight is 303 g/mol. The van der Waals surface area contributed by atoms with Crippen molar-refractivity contribution in [1.29, 1.82) is 0 Å². The Bertz CT molecular complexity index is 442. The van der Waals surface area contributed by atoms with Crippen LogP contribution in [0.2, 0.25) is 5.02 Å². The molecule has 0 atom stereocenters. The molecule has 0 aromatic carbocycles. The highest BCUT2D eigenvalue weighted by Gasteiger charge is 2.15. The van der Waals surface area contributed by atoms with Crippen LogP contribution in [-0.4, -0.2) is 35.2 Å². The molecule has 2 N–H and O–H groups in total. The molecule has 106 valence electrons. The molecule has 0 fully saturated rings. The van der Waals surface area contributed by atoms with Gasteiger partial charge >= 0.3 is 6.01 Å². The van der Waals surface area contributed by atoms with Crippen LogP contribution in [0.15, 0.2) is 6.20 Å². The molecule has 0 saturated heterocycles. The zero-order valence-electron chi connectivity index (χ0n) is 11.4. The maximum atomic E-state index is 6.16. The fraction of sp³-hybridized carbons (Fsp3) is 0.583. The van der Waals surface area contributed by atoms with Gasteiger partial charge < -0.3 is 15.4 Å². The Morgan fingerprint density at radius 2 is 2.26 bits per heavy atom. The molecule has 1 aromatic heterocycles.